The number of hydrogen-bond acceptors (Lipinski definition) is 3. The third-order valence-electron chi connectivity index (χ3n) is 4.22. The Morgan fingerprint density at radius 1 is 1.24 bits per heavy atom. The summed E-state index contributed by atoms with van der Waals surface area (Å²) in [5, 5.41) is 17.1. The second kappa shape index (κ2) is 7.83. The van der Waals surface area contributed by atoms with E-state index < -0.39 is 0 Å². The lowest BCUT2D eigenvalue weighted by Gasteiger charge is -2.25. The van der Waals surface area contributed by atoms with E-state index in [2.05, 4.69) is 31.2 Å². The van der Waals surface area contributed by atoms with Crippen molar-refractivity contribution in [2.24, 2.45) is 5.41 Å². The Bertz CT molecular complexity index is 715. The van der Waals surface area contributed by atoms with Gasteiger partial charge in [-0.1, -0.05) is 39.0 Å². The molecular weight excluding hydrogens is 314 g/mol. The van der Waals surface area contributed by atoms with Crippen molar-refractivity contribution in [1.29, 1.82) is 0 Å². The minimum Gasteiger partial charge on any atom is -0.394 e. The lowest BCUT2D eigenvalue weighted by Crippen LogP contribution is -2.40. The molecule has 1 aromatic carbocycles. The van der Waals surface area contributed by atoms with Crippen molar-refractivity contribution in [3.63, 3.8) is 0 Å². The first kappa shape index (κ1) is 19.2. The SMILES string of the molecule is Cc1nn(-c2ccccc2)c(C)c1CC(=O)NC(CO)CC(C)(C)C. The van der Waals surface area contributed by atoms with Crippen LogP contribution in [0.3, 0.4) is 0 Å². The van der Waals surface area contributed by atoms with Crippen molar-refractivity contribution in [3.8, 4) is 5.69 Å². The topological polar surface area (TPSA) is 67.2 Å². The van der Waals surface area contributed by atoms with Crippen molar-refractivity contribution < 1.29 is 9.90 Å². The first-order valence-electron chi connectivity index (χ1n) is 8.72. The van der Waals surface area contributed by atoms with Gasteiger partial charge < -0.3 is 10.4 Å². The first-order chi connectivity index (χ1) is 11.7. The Hall–Kier alpha value is -2.14. The van der Waals surface area contributed by atoms with Gasteiger partial charge in [0.2, 0.25) is 5.91 Å². The second-order valence-corrected chi connectivity index (χ2v) is 7.79. The van der Waals surface area contributed by atoms with Crippen LogP contribution >= 0.6 is 0 Å². The van der Waals surface area contributed by atoms with Gasteiger partial charge in [0.05, 0.1) is 30.5 Å². The van der Waals surface area contributed by atoms with E-state index in [0.717, 1.165) is 29.1 Å². The minimum atomic E-state index is -0.225. The molecule has 0 radical (unpaired) electrons. The lowest BCUT2D eigenvalue weighted by atomic mass is 9.88. The number of aliphatic hydroxyl groups is 1. The van der Waals surface area contributed by atoms with Crippen LogP contribution in [-0.4, -0.2) is 33.4 Å². The van der Waals surface area contributed by atoms with Crippen LogP contribution < -0.4 is 5.32 Å². The molecule has 1 amide bonds. The standard InChI is InChI=1S/C20H29N3O2/c1-14-18(11-19(25)21-16(13-24)12-20(3,4)5)15(2)23(22-14)17-9-7-6-8-10-17/h6-10,16,24H,11-13H2,1-5H3,(H,21,25). The summed E-state index contributed by atoms with van der Waals surface area (Å²) in [6, 6.07) is 9.67. The van der Waals surface area contributed by atoms with Gasteiger partial charge in [0, 0.05) is 11.3 Å². The number of benzene rings is 1. The molecule has 25 heavy (non-hydrogen) atoms. The molecule has 0 saturated carbocycles. The fraction of sp³-hybridized carbons (Fsp3) is 0.500. The molecule has 1 unspecified atom stereocenters. The van der Waals surface area contributed by atoms with E-state index in [1.165, 1.54) is 0 Å². The maximum atomic E-state index is 12.5. The van der Waals surface area contributed by atoms with E-state index in [0.29, 0.717) is 0 Å². The lowest BCUT2D eigenvalue weighted by molar-refractivity contribution is -0.121. The summed E-state index contributed by atoms with van der Waals surface area (Å²) < 4.78 is 1.87. The zero-order valence-corrected chi connectivity index (χ0v) is 15.8. The zero-order chi connectivity index (χ0) is 18.6. The van der Waals surface area contributed by atoms with E-state index in [4.69, 9.17) is 0 Å². The molecule has 0 spiro atoms. The molecule has 1 atom stereocenters. The molecule has 1 aromatic heterocycles. The fourth-order valence-corrected chi connectivity index (χ4v) is 3.09. The van der Waals surface area contributed by atoms with Crippen LogP contribution in [0.4, 0.5) is 0 Å². The molecule has 136 valence electrons. The number of rotatable bonds is 6. The third-order valence-corrected chi connectivity index (χ3v) is 4.22. The normalized spacial score (nSPS) is 12.9. The number of carbonyl (C=O) groups excluding carboxylic acids is 1. The van der Waals surface area contributed by atoms with Crippen LogP contribution in [0.5, 0.6) is 0 Å². The third kappa shape index (κ3) is 5.16. The highest BCUT2D eigenvalue weighted by Crippen LogP contribution is 2.21. The molecule has 0 bridgehead atoms. The number of aromatic nitrogens is 2. The van der Waals surface area contributed by atoms with Crippen molar-refractivity contribution in [2.45, 2.75) is 53.5 Å². The Labute approximate surface area is 150 Å². The minimum absolute atomic E-state index is 0.0463. The summed E-state index contributed by atoms with van der Waals surface area (Å²) in [6.07, 6.45) is 1.00. The van der Waals surface area contributed by atoms with Gasteiger partial charge in [-0.2, -0.15) is 5.10 Å². The number of aliphatic hydroxyl groups excluding tert-OH is 1. The maximum Gasteiger partial charge on any atom is 0.224 e. The largest absolute Gasteiger partial charge is 0.394 e. The van der Waals surface area contributed by atoms with Gasteiger partial charge >= 0.3 is 0 Å². The van der Waals surface area contributed by atoms with E-state index in [-0.39, 0.29) is 30.4 Å². The Morgan fingerprint density at radius 2 is 1.88 bits per heavy atom. The maximum absolute atomic E-state index is 12.5. The van der Waals surface area contributed by atoms with Gasteiger partial charge in [0.1, 0.15) is 0 Å². The number of nitrogens with one attached hydrogen (secondary N) is 1. The van der Waals surface area contributed by atoms with Crippen LogP contribution in [0.15, 0.2) is 30.3 Å². The average Bonchev–Trinajstić information content (AvgIpc) is 2.82. The van der Waals surface area contributed by atoms with E-state index >= 15 is 0 Å². The molecule has 2 aromatic rings. The molecule has 0 aliphatic carbocycles. The fourth-order valence-electron chi connectivity index (χ4n) is 3.09. The van der Waals surface area contributed by atoms with Crippen molar-refractivity contribution in [3.05, 3.63) is 47.3 Å². The highest BCUT2D eigenvalue weighted by Gasteiger charge is 2.21. The second-order valence-electron chi connectivity index (χ2n) is 7.79. The van der Waals surface area contributed by atoms with Gasteiger partial charge in [-0.3, -0.25) is 4.79 Å². The monoisotopic (exact) mass is 343 g/mol. The van der Waals surface area contributed by atoms with Crippen LogP contribution in [0.1, 0.15) is 44.1 Å². The molecule has 1 heterocycles. The van der Waals surface area contributed by atoms with E-state index in [9.17, 15) is 9.90 Å². The van der Waals surface area contributed by atoms with E-state index in [1.54, 1.807) is 0 Å². The molecular formula is C20H29N3O2. The number of aryl methyl sites for hydroxylation is 1. The van der Waals surface area contributed by atoms with Crippen LogP contribution in [-0.2, 0) is 11.2 Å². The number of hydrogen-bond donors (Lipinski definition) is 2. The molecule has 5 nitrogen and oxygen atoms in total. The number of amides is 1. The number of nitrogens with zero attached hydrogens (tertiary/aromatic N) is 2. The predicted octanol–water partition coefficient (Wildman–Crippen LogP) is 2.94. The smallest absolute Gasteiger partial charge is 0.224 e. The molecule has 2 N–H and O–H groups in total. The molecule has 5 heteroatoms. The van der Waals surface area contributed by atoms with Gasteiger partial charge in [0.25, 0.3) is 0 Å². The van der Waals surface area contributed by atoms with Gasteiger partial charge in [-0.15, -0.1) is 0 Å². The summed E-state index contributed by atoms with van der Waals surface area (Å²) in [4.78, 5) is 12.5. The Kier molecular flexibility index (Phi) is 6.01. The van der Waals surface area contributed by atoms with Crippen molar-refractivity contribution in [2.75, 3.05) is 6.61 Å². The summed E-state index contributed by atoms with van der Waals surface area (Å²) in [5.41, 5.74) is 3.79. The average molecular weight is 343 g/mol. The van der Waals surface area contributed by atoms with Crippen molar-refractivity contribution >= 4 is 5.91 Å². The Morgan fingerprint density at radius 3 is 2.44 bits per heavy atom. The van der Waals surface area contributed by atoms with Crippen LogP contribution in [0.25, 0.3) is 5.69 Å². The zero-order valence-electron chi connectivity index (χ0n) is 15.8. The quantitative estimate of drug-likeness (QED) is 0.847. The molecule has 0 aliphatic heterocycles. The predicted molar refractivity (Wildman–Crippen MR) is 99.8 cm³/mol. The number of para-hydroxylation sites is 1. The molecule has 0 aliphatic rings. The number of carbonyl (C=O) groups is 1. The van der Waals surface area contributed by atoms with Crippen LogP contribution in [0, 0.1) is 19.3 Å². The molecule has 0 fully saturated rings. The van der Waals surface area contributed by atoms with E-state index in [1.807, 2.05) is 48.9 Å². The highest BCUT2D eigenvalue weighted by atomic mass is 16.3. The van der Waals surface area contributed by atoms with Crippen LogP contribution in [0.2, 0.25) is 0 Å². The van der Waals surface area contributed by atoms with Crippen molar-refractivity contribution in [1.82, 2.24) is 15.1 Å². The summed E-state index contributed by atoms with van der Waals surface area (Å²) in [7, 11) is 0. The van der Waals surface area contributed by atoms with Gasteiger partial charge in [0.15, 0.2) is 0 Å². The summed E-state index contributed by atoms with van der Waals surface area (Å²) in [6.45, 7) is 10.1. The van der Waals surface area contributed by atoms with Gasteiger partial charge in [-0.05, 0) is 37.8 Å². The highest BCUT2D eigenvalue weighted by molar-refractivity contribution is 5.79. The summed E-state index contributed by atoms with van der Waals surface area (Å²) >= 11 is 0. The first-order valence-corrected chi connectivity index (χ1v) is 8.72. The van der Waals surface area contributed by atoms with Gasteiger partial charge in [-0.25, -0.2) is 4.68 Å². The summed E-state index contributed by atoms with van der Waals surface area (Å²) in [5.74, 6) is -0.0814. The molecule has 2 rings (SSSR count). The Balaban J connectivity index is 2.12. The molecule has 0 saturated heterocycles.